The van der Waals surface area contributed by atoms with Crippen LogP contribution in [0.15, 0.2) is 29.3 Å². The first-order valence-electron chi connectivity index (χ1n) is 7.60. The second-order valence-electron chi connectivity index (χ2n) is 6.64. The summed E-state index contributed by atoms with van der Waals surface area (Å²) >= 11 is 0. The summed E-state index contributed by atoms with van der Waals surface area (Å²) in [6.45, 7) is 10.7. The van der Waals surface area contributed by atoms with Crippen LogP contribution < -0.4 is 16.0 Å². The maximum absolute atomic E-state index is 11.6. The Balaban J connectivity index is 2.56. The minimum atomic E-state index is -0.0349. The highest BCUT2D eigenvalue weighted by molar-refractivity contribution is 5.92. The molecule has 1 amide bonds. The van der Waals surface area contributed by atoms with Crippen LogP contribution in [0, 0.1) is 5.92 Å². The Kier molecular flexibility index (Phi) is 6.40. The van der Waals surface area contributed by atoms with E-state index < -0.39 is 0 Å². The highest BCUT2D eigenvalue weighted by atomic mass is 16.1. The zero-order valence-corrected chi connectivity index (χ0v) is 14.4. The lowest BCUT2D eigenvalue weighted by Crippen LogP contribution is -2.47. The Bertz CT molecular complexity index is 512. The molecule has 0 saturated carbocycles. The van der Waals surface area contributed by atoms with E-state index in [0.717, 1.165) is 17.2 Å². The number of amides is 1. The number of aliphatic imine (C=N–C) groups is 1. The highest BCUT2D eigenvalue weighted by Crippen LogP contribution is 2.11. The van der Waals surface area contributed by atoms with Crippen LogP contribution in [0.5, 0.6) is 0 Å². The van der Waals surface area contributed by atoms with Gasteiger partial charge in [0.25, 0.3) is 0 Å². The molecule has 0 saturated heterocycles. The number of nitrogens with one attached hydrogen (secondary N) is 3. The largest absolute Gasteiger partial charge is 0.352 e. The number of hydrogen-bond acceptors (Lipinski definition) is 2. The van der Waals surface area contributed by atoms with E-state index in [1.54, 1.807) is 7.05 Å². The number of anilines is 1. The quantitative estimate of drug-likeness (QED) is 0.592. The van der Waals surface area contributed by atoms with Gasteiger partial charge in [-0.15, -0.1) is 0 Å². The second kappa shape index (κ2) is 7.82. The third-order valence-electron chi connectivity index (χ3n) is 2.92. The van der Waals surface area contributed by atoms with Gasteiger partial charge in [0.05, 0.1) is 0 Å². The van der Waals surface area contributed by atoms with E-state index in [2.05, 4.69) is 41.7 Å². The average Bonchev–Trinajstić information content (AvgIpc) is 2.43. The molecular formula is C17H28N4O. The van der Waals surface area contributed by atoms with Gasteiger partial charge in [0.15, 0.2) is 5.96 Å². The number of benzene rings is 1. The van der Waals surface area contributed by atoms with Gasteiger partial charge in [-0.3, -0.25) is 9.79 Å². The molecule has 0 radical (unpaired) electrons. The van der Waals surface area contributed by atoms with E-state index >= 15 is 0 Å². The predicted molar refractivity (Wildman–Crippen MR) is 93.0 cm³/mol. The van der Waals surface area contributed by atoms with Gasteiger partial charge in [0, 0.05) is 30.7 Å². The summed E-state index contributed by atoms with van der Waals surface area (Å²) in [6, 6.07) is 7.81. The van der Waals surface area contributed by atoms with Crippen molar-refractivity contribution in [1.82, 2.24) is 10.6 Å². The Morgan fingerprint density at radius 3 is 2.23 bits per heavy atom. The van der Waals surface area contributed by atoms with Crippen molar-refractivity contribution in [1.29, 1.82) is 0 Å². The number of rotatable bonds is 4. The summed E-state index contributed by atoms with van der Waals surface area (Å²) in [5.41, 5.74) is 1.91. The monoisotopic (exact) mass is 304 g/mol. The maximum Gasteiger partial charge on any atom is 0.226 e. The minimum Gasteiger partial charge on any atom is -0.352 e. The van der Waals surface area contributed by atoms with E-state index in [-0.39, 0.29) is 17.4 Å². The molecule has 0 spiro atoms. The molecular weight excluding hydrogens is 276 g/mol. The van der Waals surface area contributed by atoms with Crippen molar-refractivity contribution in [2.45, 2.75) is 46.7 Å². The van der Waals surface area contributed by atoms with Crippen LogP contribution in [0.3, 0.4) is 0 Å². The lowest BCUT2D eigenvalue weighted by Gasteiger charge is -2.23. The topological polar surface area (TPSA) is 65.5 Å². The summed E-state index contributed by atoms with van der Waals surface area (Å²) in [5, 5.41) is 9.46. The molecule has 122 valence electrons. The zero-order chi connectivity index (χ0) is 16.8. The smallest absolute Gasteiger partial charge is 0.226 e. The molecule has 0 aliphatic rings. The van der Waals surface area contributed by atoms with Crippen LogP contribution in [-0.4, -0.2) is 24.5 Å². The Hall–Kier alpha value is -2.04. The number of hydrogen-bond donors (Lipinski definition) is 3. The van der Waals surface area contributed by atoms with Crippen molar-refractivity contribution >= 4 is 17.6 Å². The Morgan fingerprint density at radius 1 is 1.18 bits per heavy atom. The molecule has 22 heavy (non-hydrogen) atoms. The second-order valence-corrected chi connectivity index (χ2v) is 6.64. The molecule has 3 N–H and O–H groups in total. The first-order valence-corrected chi connectivity index (χ1v) is 7.60. The third kappa shape index (κ3) is 6.61. The minimum absolute atomic E-state index is 0.0202. The van der Waals surface area contributed by atoms with Crippen molar-refractivity contribution < 1.29 is 4.79 Å². The molecule has 0 aliphatic heterocycles. The summed E-state index contributed by atoms with van der Waals surface area (Å²) < 4.78 is 0. The Labute approximate surface area is 133 Å². The standard InChI is InChI=1S/C17H28N4O/c1-12(2)15(22)20-14-9-7-13(8-10-14)11-19-16(18-6)21-17(3,4)5/h7-10,12H,11H2,1-6H3,(H,20,22)(H2,18,19,21). The normalized spacial score (nSPS) is 12.2. The molecule has 0 unspecified atom stereocenters. The number of nitrogens with zero attached hydrogens (tertiary/aromatic N) is 1. The molecule has 1 aromatic rings. The molecule has 0 aromatic heterocycles. The fraction of sp³-hybridized carbons (Fsp3) is 0.529. The van der Waals surface area contributed by atoms with Gasteiger partial charge in [0.1, 0.15) is 0 Å². The van der Waals surface area contributed by atoms with Crippen molar-refractivity contribution in [2.75, 3.05) is 12.4 Å². The lowest BCUT2D eigenvalue weighted by molar-refractivity contribution is -0.118. The SMILES string of the molecule is CN=C(NCc1ccc(NC(=O)C(C)C)cc1)NC(C)(C)C. The van der Waals surface area contributed by atoms with Gasteiger partial charge >= 0.3 is 0 Å². The fourth-order valence-electron chi connectivity index (χ4n) is 1.71. The van der Waals surface area contributed by atoms with Gasteiger partial charge < -0.3 is 16.0 Å². The van der Waals surface area contributed by atoms with E-state index in [0.29, 0.717) is 6.54 Å². The van der Waals surface area contributed by atoms with Crippen molar-refractivity contribution in [3.8, 4) is 0 Å². The molecule has 5 nitrogen and oxygen atoms in total. The van der Waals surface area contributed by atoms with Crippen molar-refractivity contribution in [3.63, 3.8) is 0 Å². The third-order valence-corrected chi connectivity index (χ3v) is 2.92. The summed E-state index contributed by atoms with van der Waals surface area (Å²) in [7, 11) is 1.76. The van der Waals surface area contributed by atoms with E-state index in [9.17, 15) is 4.79 Å². The predicted octanol–water partition coefficient (Wildman–Crippen LogP) is 2.74. The molecule has 0 atom stereocenters. The van der Waals surface area contributed by atoms with Crippen LogP contribution in [0.2, 0.25) is 0 Å². The average molecular weight is 304 g/mol. The Morgan fingerprint density at radius 2 is 1.77 bits per heavy atom. The fourth-order valence-corrected chi connectivity index (χ4v) is 1.71. The van der Waals surface area contributed by atoms with E-state index in [1.165, 1.54) is 0 Å². The molecule has 5 heteroatoms. The molecule has 1 rings (SSSR count). The zero-order valence-electron chi connectivity index (χ0n) is 14.4. The van der Waals surface area contributed by atoms with Gasteiger partial charge in [-0.1, -0.05) is 26.0 Å². The molecule has 0 aliphatic carbocycles. The summed E-state index contributed by atoms with van der Waals surface area (Å²) in [4.78, 5) is 15.8. The highest BCUT2D eigenvalue weighted by Gasteiger charge is 2.11. The first kappa shape index (κ1) is 18.0. The molecule has 0 heterocycles. The van der Waals surface area contributed by atoms with Crippen LogP contribution in [0.1, 0.15) is 40.2 Å². The van der Waals surface area contributed by atoms with Gasteiger partial charge in [-0.05, 0) is 38.5 Å². The van der Waals surface area contributed by atoms with Gasteiger partial charge in [-0.2, -0.15) is 0 Å². The van der Waals surface area contributed by atoms with Crippen molar-refractivity contribution in [2.24, 2.45) is 10.9 Å². The van der Waals surface area contributed by atoms with Crippen LogP contribution >= 0.6 is 0 Å². The first-order chi connectivity index (χ1) is 10.2. The van der Waals surface area contributed by atoms with Crippen LogP contribution in [0.25, 0.3) is 0 Å². The molecule has 0 fully saturated rings. The van der Waals surface area contributed by atoms with E-state index in [4.69, 9.17) is 0 Å². The molecule has 0 bridgehead atoms. The number of guanidine groups is 1. The van der Waals surface area contributed by atoms with Crippen molar-refractivity contribution in [3.05, 3.63) is 29.8 Å². The summed E-state index contributed by atoms with van der Waals surface area (Å²) in [5.74, 6) is 0.776. The number of carbonyl (C=O) groups excluding carboxylic acids is 1. The van der Waals surface area contributed by atoms with Gasteiger partial charge in [-0.25, -0.2) is 0 Å². The van der Waals surface area contributed by atoms with E-state index in [1.807, 2.05) is 38.1 Å². The molecule has 1 aromatic carbocycles. The van der Waals surface area contributed by atoms with Gasteiger partial charge in [0.2, 0.25) is 5.91 Å². The maximum atomic E-state index is 11.6. The van der Waals surface area contributed by atoms with Crippen LogP contribution in [-0.2, 0) is 11.3 Å². The number of carbonyl (C=O) groups is 1. The lowest BCUT2D eigenvalue weighted by atomic mass is 10.1. The van der Waals surface area contributed by atoms with Crippen LogP contribution in [0.4, 0.5) is 5.69 Å². The summed E-state index contributed by atoms with van der Waals surface area (Å²) in [6.07, 6.45) is 0.